The fraction of sp³-hybridized carbons (Fsp3) is 0.143. The van der Waals surface area contributed by atoms with E-state index in [9.17, 15) is 0 Å². The molecule has 2 aromatic heterocycles. The molecule has 0 saturated heterocycles. The van der Waals surface area contributed by atoms with Crippen LogP contribution in [0.3, 0.4) is 0 Å². The Morgan fingerprint density at radius 3 is 2.95 bits per heavy atom. The van der Waals surface area contributed by atoms with Gasteiger partial charge in [0.1, 0.15) is 17.3 Å². The van der Waals surface area contributed by atoms with E-state index in [1.165, 1.54) is 0 Å². The van der Waals surface area contributed by atoms with Crippen LogP contribution in [0, 0.1) is 0 Å². The summed E-state index contributed by atoms with van der Waals surface area (Å²) in [6.45, 7) is 0.871. The molecule has 2 heterocycles. The zero-order valence-electron chi connectivity index (χ0n) is 10.5. The van der Waals surface area contributed by atoms with Gasteiger partial charge in [-0.15, -0.1) is 11.3 Å². The standard InChI is InChI=1S/C14H12BrN3OS/c15-10-3-1-2-9(6-10)7-19-8-12-17-13(16)11-4-5-20-14(11)18-12/h1-6H,7-8H2,(H2,16,17,18). The predicted molar refractivity (Wildman–Crippen MR) is 84.5 cm³/mol. The minimum Gasteiger partial charge on any atom is -0.383 e. The Labute approximate surface area is 128 Å². The summed E-state index contributed by atoms with van der Waals surface area (Å²) in [5.74, 6) is 1.13. The topological polar surface area (TPSA) is 61.0 Å². The van der Waals surface area contributed by atoms with Crippen molar-refractivity contribution in [1.82, 2.24) is 9.97 Å². The molecular formula is C14H12BrN3OS. The van der Waals surface area contributed by atoms with Gasteiger partial charge in [-0.1, -0.05) is 28.1 Å². The molecule has 3 aromatic rings. The first-order valence-corrected chi connectivity index (χ1v) is 7.71. The Balaban J connectivity index is 1.68. The van der Waals surface area contributed by atoms with E-state index >= 15 is 0 Å². The number of rotatable bonds is 4. The highest BCUT2D eigenvalue weighted by atomic mass is 79.9. The van der Waals surface area contributed by atoms with Gasteiger partial charge in [0, 0.05) is 4.47 Å². The van der Waals surface area contributed by atoms with Crippen molar-refractivity contribution in [3.63, 3.8) is 0 Å². The molecule has 0 radical (unpaired) electrons. The fourth-order valence-electron chi connectivity index (χ4n) is 1.88. The quantitative estimate of drug-likeness (QED) is 0.778. The van der Waals surface area contributed by atoms with E-state index in [0.717, 1.165) is 20.3 Å². The number of thiophene rings is 1. The molecule has 0 spiro atoms. The van der Waals surface area contributed by atoms with Gasteiger partial charge in [0.05, 0.1) is 12.0 Å². The summed E-state index contributed by atoms with van der Waals surface area (Å²) in [5.41, 5.74) is 7.00. The molecule has 0 bridgehead atoms. The number of halogens is 1. The number of nitrogens with zero attached hydrogens (tertiary/aromatic N) is 2. The number of fused-ring (bicyclic) bond motifs is 1. The third-order valence-electron chi connectivity index (χ3n) is 2.79. The Morgan fingerprint density at radius 2 is 2.10 bits per heavy atom. The second-order valence-electron chi connectivity index (χ2n) is 4.29. The zero-order valence-corrected chi connectivity index (χ0v) is 12.9. The minimum atomic E-state index is 0.352. The van der Waals surface area contributed by atoms with E-state index in [0.29, 0.717) is 24.9 Å². The van der Waals surface area contributed by atoms with Crippen molar-refractivity contribution in [1.29, 1.82) is 0 Å². The predicted octanol–water partition coefficient (Wildman–Crippen LogP) is 3.75. The van der Waals surface area contributed by atoms with Crippen LogP contribution in [-0.4, -0.2) is 9.97 Å². The Hall–Kier alpha value is -1.50. The minimum absolute atomic E-state index is 0.352. The van der Waals surface area contributed by atoms with Crippen molar-refractivity contribution in [2.45, 2.75) is 13.2 Å². The van der Waals surface area contributed by atoms with Gasteiger partial charge in [-0.25, -0.2) is 9.97 Å². The lowest BCUT2D eigenvalue weighted by molar-refractivity contribution is 0.102. The third-order valence-corrected chi connectivity index (χ3v) is 4.09. The molecule has 102 valence electrons. The third kappa shape index (κ3) is 2.98. The van der Waals surface area contributed by atoms with E-state index in [4.69, 9.17) is 10.5 Å². The molecule has 0 amide bonds. The number of nitrogen functional groups attached to an aromatic ring is 1. The molecule has 0 aliphatic rings. The molecule has 2 N–H and O–H groups in total. The SMILES string of the molecule is Nc1nc(COCc2cccc(Br)c2)nc2sccc12. The number of hydrogen-bond donors (Lipinski definition) is 1. The van der Waals surface area contributed by atoms with Crippen molar-refractivity contribution >= 4 is 43.3 Å². The molecule has 20 heavy (non-hydrogen) atoms. The Bertz CT molecular complexity index is 744. The van der Waals surface area contributed by atoms with Gasteiger partial charge < -0.3 is 10.5 Å². The summed E-state index contributed by atoms with van der Waals surface area (Å²) in [5, 5.41) is 2.87. The van der Waals surface area contributed by atoms with E-state index < -0.39 is 0 Å². The highest BCUT2D eigenvalue weighted by Gasteiger charge is 2.06. The lowest BCUT2D eigenvalue weighted by atomic mass is 10.2. The van der Waals surface area contributed by atoms with Gasteiger partial charge in [-0.3, -0.25) is 0 Å². The molecule has 0 fully saturated rings. The molecule has 0 unspecified atom stereocenters. The molecular weight excluding hydrogens is 338 g/mol. The van der Waals surface area contributed by atoms with Crippen LogP contribution in [0.4, 0.5) is 5.82 Å². The van der Waals surface area contributed by atoms with Crippen LogP contribution < -0.4 is 5.73 Å². The first-order chi connectivity index (χ1) is 9.72. The van der Waals surface area contributed by atoms with Crippen molar-refractivity contribution in [2.75, 3.05) is 5.73 Å². The summed E-state index contributed by atoms with van der Waals surface area (Å²) < 4.78 is 6.69. The summed E-state index contributed by atoms with van der Waals surface area (Å²) in [6, 6.07) is 9.94. The molecule has 3 rings (SSSR count). The number of benzene rings is 1. The molecule has 0 saturated carbocycles. The smallest absolute Gasteiger partial charge is 0.158 e. The highest BCUT2D eigenvalue weighted by molar-refractivity contribution is 9.10. The maximum Gasteiger partial charge on any atom is 0.158 e. The first-order valence-electron chi connectivity index (χ1n) is 6.04. The van der Waals surface area contributed by atoms with Crippen LogP contribution in [0.5, 0.6) is 0 Å². The number of hydrogen-bond acceptors (Lipinski definition) is 5. The zero-order chi connectivity index (χ0) is 13.9. The number of anilines is 1. The summed E-state index contributed by atoms with van der Waals surface area (Å²) in [6.07, 6.45) is 0. The van der Waals surface area contributed by atoms with Gasteiger partial charge in [0.2, 0.25) is 0 Å². The molecule has 0 atom stereocenters. The van der Waals surface area contributed by atoms with Crippen LogP contribution in [0.15, 0.2) is 40.2 Å². The second kappa shape index (κ2) is 5.87. The first kappa shape index (κ1) is 13.5. The van der Waals surface area contributed by atoms with E-state index in [1.807, 2.05) is 35.7 Å². The Kier molecular flexibility index (Phi) is 3.95. The molecule has 4 nitrogen and oxygen atoms in total. The van der Waals surface area contributed by atoms with Gasteiger partial charge >= 0.3 is 0 Å². The fourth-order valence-corrected chi connectivity index (χ4v) is 3.11. The monoisotopic (exact) mass is 349 g/mol. The van der Waals surface area contributed by atoms with Crippen LogP contribution in [0.2, 0.25) is 0 Å². The molecule has 1 aromatic carbocycles. The summed E-state index contributed by atoms with van der Waals surface area (Å²) in [4.78, 5) is 9.60. The lowest BCUT2D eigenvalue weighted by Crippen LogP contribution is -2.02. The van der Waals surface area contributed by atoms with Crippen LogP contribution >= 0.6 is 27.3 Å². The largest absolute Gasteiger partial charge is 0.383 e. The van der Waals surface area contributed by atoms with Crippen LogP contribution in [0.25, 0.3) is 10.2 Å². The molecule has 0 aliphatic carbocycles. The maximum absolute atomic E-state index is 5.90. The lowest BCUT2D eigenvalue weighted by Gasteiger charge is -2.05. The van der Waals surface area contributed by atoms with E-state index in [1.54, 1.807) is 11.3 Å². The normalized spacial score (nSPS) is 11.1. The van der Waals surface area contributed by atoms with Crippen molar-refractivity contribution < 1.29 is 4.74 Å². The Morgan fingerprint density at radius 1 is 1.20 bits per heavy atom. The van der Waals surface area contributed by atoms with E-state index in [-0.39, 0.29) is 0 Å². The number of nitrogens with two attached hydrogens (primary N) is 1. The van der Waals surface area contributed by atoms with Gasteiger partial charge in [0.25, 0.3) is 0 Å². The van der Waals surface area contributed by atoms with Crippen LogP contribution in [-0.2, 0) is 18.0 Å². The summed E-state index contributed by atoms with van der Waals surface area (Å²) >= 11 is 4.99. The van der Waals surface area contributed by atoms with Crippen molar-refractivity contribution in [2.24, 2.45) is 0 Å². The van der Waals surface area contributed by atoms with Crippen LogP contribution in [0.1, 0.15) is 11.4 Å². The van der Waals surface area contributed by atoms with Crippen molar-refractivity contribution in [3.8, 4) is 0 Å². The van der Waals surface area contributed by atoms with Gasteiger partial charge in [-0.2, -0.15) is 0 Å². The average Bonchev–Trinajstić information content (AvgIpc) is 2.88. The number of aromatic nitrogens is 2. The second-order valence-corrected chi connectivity index (χ2v) is 6.10. The summed E-state index contributed by atoms with van der Waals surface area (Å²) in [7, 11) is 0. The number of ether oxygens (including phenoxy) is 1. The highest BCUT2D eigenvalue weighted by Crippen LogP contribution is 2.23. The van der Waals surface area contributed by atoms with Gasteiger partial charge in [-0.05, 0) is 29.1 Å². The van der Waals surface area contributed by atoms with Gasteiger partial charge in [0.15, 0.2) is 5.82 Å². The van der Waals surface area contributed by atoms with E-state index in [2.05, 4.69) is 25.9 Å². The molecule has 0 aliphatic heterocycles. The molecule has 6 heteroatoms. The maximum atomic E-state index is 5.90. The van der Waals surface area contributed by atoms with Crippen molar-refractivity contribution in [3.05, 3.63) is 51.6 Å². The average molecular weight is 350 g/mol.